The molecule has 116 valence electrons. The molecule has 2 aromatic heterocycles. The number of benzene rings is 1. The van der Waals surface area contributed by atoms with Gasteiger partial charge in [0.05, 0.1) is 18.4 Å². The van der Waals surface area contributed by atoms with Crippen LogP contribution in [0.25, 0.3) is 0 Å². The molecule has 0 saturated heterocycles. The predicted octanol–water partition coefficient (Wildman–Crippen LogP) is 4.10. The molecule has 1 amide bonds. The summed E-state index contributed by atoms with van der Waals surface area (Å²) in [4.78, 5) is 19.8. The zero-order valence-corrected chi connectivity index (χ0v) is 13.5. The van der Waals surface area contributed by atoms with Gasteiger partial charge in [-0.25, -0.2) is 4.98 Å². The standard InChI is InChI=1S/C18H16N2O2S/c1-20(13-14-7-6-12-22-14)18(21)16-10-5-11-19-17(16)23-15-8-3-2-4-9-15/h2-12H,13H2,1H3. The third kappa shape index (κ3) is 3.81. The quantitative estimate of drug-likeness (QED) is 0.709. The number of furan rings is 1. The summed E-state index contributed by atoms with van der Waals surface area (Å²) in [5.74, 6) is 0.676. The summed E-state index contributed by atoms with van der Waals surface area (Å²) in [6, 6.07) is 17.2. The Labute approximate surface area is 139 Å². The van der Waals surface area contributed by atoms with E-state index in [2.05, 4.69) is 4.98 Å². The van der Waals surface area contributed by atoms with Crippen LogP contribution in [0.15, 0.2) is 81.4 Å². The molecule has 1 aromatic carbocycles. The average Bonchev–Trinajstić information content (AvgIpc) is 3.08. The highest BCUT2D eigenvalue weighted by Gasteiger charge is 2.18. The van der Waals surface area contributed by atoms with E-state index < -0.39 is 0 Å². The van der Waals surface area contributed by atoms with Crippen molar-refractivity contribution >= 4 is 17.7 Å². The van der Waals surface area contributed by atoms with Crippen LogP contribution in [0.1, 0.15) is 16.1 Å². The number of rotatable bonds is 5. The third-order valence-corrected chi connectivity index (χ3v) is 4.31. The van der Waals surface area contributed by atoms with Crippen molar-refractivity contribution in [3.8, 4) is 0 Å². The Bertz CT molecular complexity index is 773. The van der Waals surface area contributed by atoms with Crippen molar-refractivity contribution in [3.05, 3.63) is 78.4 Å². The molecule has 23 heavy (non-hydrogen) atoms. The Morgan fingerprint density at radius 1 is 1.13 bits per heavy atom. The van der Waals surface area contributed by atoms with Crippen LogP contribution in [0.3, 0.4) is 0 Å². The lowest BCUT2D eigenvalue weighted by Crippen LogP contribution is -2.26. The summed E-state index contributed by atoms with van der Waals surface area (Å²) in [5.41, 5.74) is 0.593. The van der Waals surface area contributed by atoms with Gasteiger partial charge < -0.3 is 9.32 Å². The lowest BCUT2D eigenvalue weighted by Gasteiger charge is -2.17. The van der Waals surface area contributed by atoms with Crippen molar-refractivity contribution in [3.63, 3.8) is 0 Å². The largest absolute Gasteiger partial charge is 0.467 e. The summed E-state index contributed by atoms with van der Waals surface area (Å²) in [7, 11) is 1.76. The SMILES string of the molecule is CN(Cc1ccco1)C(=O)c1cccnc1Sc1ccccc1. The van der Waals surface area contributed by atoms with Crippen LogP contribution in [-0.2, 0) is 6.54 Å². The molecule has 2 heterocycles. The van der Waals surface area contributed by atoms with E-state index in [1.165, 1.54) is 11.8 Å². The van der Waals surface area contributed by atoms with E-state index in [-0.39, 0.29) is 5.91 Å². The van der Waals surface area contributed by atoms with Crippen LogP contribution < -0.4 is 0 Å². The fourth-order valence-corrected chi connectivity index (χ4v) is 3.04. The molecule has 0 atom stereocenters. The minimum absolute atomic E-state index is 0.0760. The van der Waals surface area contributed by atoms with Crippen molar-refractivity contribution in [1.29, 1.82) is 0 Å². The number of amides is 1. The van der Waals surface area contributed by atoms with Crippen LogP contribution in [-0.4, -0.2) is 22.8 Å². The highest BCUT2D eigenvalue weighted by molar-refractivity contribution is 7.99. The van der Waals surface area contributed by atoms with Crippen LogP contribution >= 0.6 is 11.8 Å². The summed E-state index contributed by atoms with van der Waals surface area (Å²) in [6.45, 7) is 0.427. The molecule has 0 fully saturated rings. The molecule has 0 aliphatic carbocycles. The first kappa shape index (κ1) is 15.4. The maximum atomic E-state index is 12.7. The number of carbonyl (C=O) groups excluding carboxylic acids is 1. The van der Waals surface area contributed by atoms with Crippen molar-refractivity contribution < 1.29 is 9.21 Å². The number of pyridine rings is 1. The highest BCUT2D eigenvalue weighted by atomic mass is 32.2. The number of nitrogens with zero attached hydrogens (tertiary/aromatic N) is 2. The van der Waals surface area contributed by atoms with E-state index in [1.54, 1.807) is 36.5 Å². The van der Waals surface area contributed by atoms with Gasteiger partial charge in [-0.1, -0.05) is 30.0 Å². The Kier molecular flexibility index (Phi) is 4.78. The van der Waals surface area contributed by atoms with E-state index >= 15 is 0 Å². The molecular weight excluding hydrogens is 308 g/mol. The number of aromatic nitrogens is 1. The van der Waals surface area contributed by atoms with Gasteiger partial charge in [0.2, 0.25) is 0 Å². The van der Waals surface area contributed by atoms with E-state index in [0.717, 1.165) is 10.7 Å². The van der Waals surface area contributed by atoms with Crippen LogP contribution in [0.4, 0.5) is 0 Å². The van der Waals surface area contributed by atoms with Gasteiger partial charge in [0.1, 0.15) is 10.8 Å². The fourth-order valence-electron chi connectivity index (χ4n) is 2.15. The molecule has 5 heteroatoms. The number of hydrogen-bond donors (Lipinski definition) is 0. The van der Waals surface area contributed by atoms with Crippen molar-refractivity contribution in [2.45, 2.75) is 16.5 Å². The fraction of sp³-hybridized carbons (Fsp3) is 0.111. The molecule has 3 rings (SSSR count). The van der Waals surface area contributed by atoms with E-state index in [0.29, 0.717) is 17.1 Å². The molecule has 0 N–H and O–H groups in total. The highest BCUT2D eigenvalue weighted by Crippen LogP contribution is 2.29. The molecule has 0 bridgehead atoms. The zero-order chi connectivity index (χ0) is 16.1. The number of carbonyl (C=O) groups is 1. The van der Waals surface area contributed by atoms with Gasteiger partial charge in [-0.05, 0) is 36.4 Å². The lowest BCUT2D eigenvalue weighted by atomic mass is 10.2. The molecule has 3 aromatic rings. The topological polar surface area (TPSA) is 46.3 Å². The van der Waals surface area contributed by atoms with E-state index in [4.69, 9.17) is 4.42 Å². The monoisotopic (exact) mass is 324 g/mol. The first-order valence-corrected chi connectivity index (χ1v) is 8.01. The molecule has 4 nitrogen and oxygen atoms in total. The summed E-state index contributed by atoms with van der Waals surface area (Å²) < 4.78 is 5.30. The van der Waals surface area contributed by atoms with Crippen molar-refractivity contribution in [2.24, 2.45) is 0 Å². The Hall–Kier alpha value is -2.53. The molecule has 0 unspecified atom stereocenters. The first-order valence-electron chi connectivity index (χ1n) is 7.20. The second-order valence-corrected chi connectivity index (χ2v) is 6.07. The van der Waals surface area contributed by atoms with Gasteiger partial charge >= 0.3 is 0 Å². The van der Waals surface area contributed by atoms with Crippen LogP contribution in [0, 0.1) is 0 Å². The van der Waals surface area contributed by atoms with Crippen LogP contribution in [0.5, 0.6) is 0 Å². The molecular formula is C18H16N2O2S. The Morgan fingerprint density at radius 3 is 2.70 bits per heavy atom. The van der Waals surface area contributed by atoms with Gasteiger partial charge in [-0.3, -0.25) is 4.79 Å². The maximum absolute atomic E-state index is 12.7. The Balaban J connectivity index is 1.80. The lowest BCUT2D eigenvalue weighted by molar-refractivity contribution is 0.0771. The summed E-state index contributed by atoms with van der Waals surface area (Å²) in [6.07, 6.45) is 3.31. The van der Waals surface area contributed by atoms with Gasteiger partial charge in [0.15, 0.2) is 0 Å². The number of hydrogen-bond acceptors (Lipinski definition) is 4. The third-order valence-electron chi connectivity index (χ3n) is 3.28. The van der Waals surface area contributed by atoms with Gasteiger partial charge in [0.25, 0.3) is 5.91 Å². The summed E-state index contributed by atoms with van der Waals surface area (Å²) >= 11 is 1.49. The maximum Gasteiger partial charge on any atom is 0.256 e. The first-order chi connectivity index (χ1) is 11.2. The smallest absolute Gasteiger partial charge is 0.256 e. The second kappa shape index (κ2) is 7.15. The van der Waals surface area contributed by atoms with Crippen molar-refractivity contribution in [1.82, 2.24) is 9.88 Å². The van der Waals surface area contributed by atoms with E-state index in [1.807, 2.05) is 42.5 Å². The van der Waals surface area contributed by atoms with Gasteiger partial charge in [-0.2, -0.15) is 0 Å². The van der Waals surface area contributed by atoms with Crippen LogP contribution in [0.2, 0.25) is 0 Å². The zero-order valence-electron chi connectivity index (χ0n) is 12.7. The molecule has 0 spiro atoms. The molecule has 0 radical (unpaired) electrons. The van der Waals surface area contributed by atoms with Gasteiger partial charge in [0, 0.05) is 18.1 Å². The normalized spacial score (nSPS) is 10.5. The molecule has 0 saturated carbocycles. The summed E-state index contributed by atoms with van der Waals surface area (Å²) in [5, 5.41) is 0.704. The molecule has 0 aliphatic heterocycles. The average molecular weight is 324 g/mol. The second-order valence-electron chi connectivity index (χ2n) is 5.01. The minimum atomic E-state index is -0.0760. The Morgan fingerprint density at radius 2 is 1.96 bits per heavy atom. The van der Waals surface area contributed by atoms with Gasteiger partial charge in [-0.15, -0.1) is 0 Å². The predicted molar refractivity (Wildman–Crippen MR) is 89.3 cm³/mol. The van der Waals surface area contributed by atoms with Crippen molar-refractivity contribution in [2.75, 3.05) is 7.05 Å². The van der Waals surface area contributed by atoms with E-state index in [9.17, 15) is 4.79 Å². The molecule has 0 aliphatic rings. The minimum Gasteiger partial charge on any atom is -0.467 e.